The van der Waals surface area contributed by atoms with Gasteiger partial charge in [-0.05, 0) is 36.2 Å². The molecule has 0 aliphatic carbocycles. The Bertz CT molecular complexity index is 1070. The first kappa shape index (κ1) is 19.9. The van der Waals surface area contributed by atoms with Gasteiger partial charge in [0.1, 0.15) is 5.82 Å². The normalized spacial score (nSPS) is 12.3. The summed E-state index contributed by atoms with van der Waals surface area (Å²) in [7, 11) is -1.48. The summed E-state index contributed by atoms with van der Waals surface area (Å²) in [5, 5.41) is 6.51. The summed E-state index contributed by atoms with van der Waals surface area (Å²) in [6, 6.07) is 13.3. The molecule has 3 N–H and O–H groups in total. The van der Waals surface area contributed by atoms with Crippen molar-refractivity contribution < 1.29 is 8.42 Å². The molecular formula is C20H25N5O2S. The van der Waals surface area contributed by atoms with E-state index in [4.69, 9.17) is 0 Å². The molecule has 0 atom stereocenters. The van der Waals surface area contributed by atoms with Crippen LogP contribution in [-0.4, -0.2) is 44.2 Å². The maximum absolute atomic E-state index is 11.7. The van der Waals surface area contributed by atoms with Gasteiger partial charge in [-0.1, -0.05) is 24.3 Å². The molecular weight excluding hydrogens is 374 g/mol. The average Bonchev–Trinajstić information content (AvgIpc) is 3.06. The van der Waals surface area contributed by atoms with Gasteiger partial charge in [-0.25, -0.2) is 13.4 Å². The largest absolute Gasteiger partial charge is 0.356 e. The molecule has 1 heterocycles. The van der Waals surface area contributed by atoms with Gasteiger partial charge in [0.05, 0.1) is 15.9 Å². The van der Waals surface area contributed by atoms with E-state index in [1.807, 2.05) is 36.4 Å². The highest BCUT2D eigenvalue weighted by atomic mass is 32.2. The molecule has 0 aliphatic heterocycles. The standard InChI is InChI=1S/C20H25N5O2S/c1-14-12-15(8-9-18(14)28(3,26)27)13-23-20(21-2)22-11-10-19-24-16-6-4-5-7-17(16)25-19/h4-9,12H,10-11,13H2,1-3H3,(H,24,25)(H2,21,22,23). The zero-order valence-electron chi connectivity index (χ0n) is 16.3. The summed E-state index contributed by atoms with van der Waals surface area (Å²) >= 11 is 0. The molecule has 0 spiro atoms. The van der Waals surface area contributed by atoms with Gasteiger partial charge in [0.15, 0.2) is 15.8 Å². The van der Waals surface area contributed by atoms with Crippen molar-refractivity contribution in [3.8, 4) is 0 Å². The molecule has 0 saturated heterocycles. The Morgan fingerprint density at radius 3 is 2.64 bits per heavy atom. The lowest BCUT2D eigenvalue weighted by molar-refractivity contribution is 0.601. The van der Waals surface area contributed by atoms with E-state index in [1.54, 1.807) is 20.0 Å². The minimum atomic E-state index is -3.20. The number of fused-ring (bicyclic) bond motifs is 1. The Hall–Kier alpha value is -2.87. The van der Waals surface area contributed by atoms with E-state index < -0.39 is 9.84 Å². The zero-order valence-corrected chi connectivity index (χ0v) is 17.1. The van der Waals surface area contributed by atoms with Crippen LogP contribution in [0.3, 0.4) is 0 Å². The van der Waals surface area contributed by atoms with Crippen molar-refractivity contribution in [2.75, 3.05) is 19.8 Å². The number of nitrogens with zero attached hydrogens (tertiary/aromatic N) is 2. The fraction of sp³-hybridized carbons (Fsp3) is 0.300. The van der Waals surface area contributed by atoms with Gasteiger partial charge < -0.3 is 15.6 Å². The molecule has 148 valence electrons. The molecule has 0 fully saturated rings. The number of H-pyrrole nitrogens is 1. The molecule has 0 aliphatic rings. The van der Waals surface area contributed by atoms with Gasteiger partial charge in [0.25, 0.3) is 0 Å². The van der Waals surface area contributed by atoms with E-state index in [0.717, 1.165) is 34.4 Å². The molecule has 0 radical (unpaired) electrons. The molecule has 3 rings (SSSR count). The number of nitrogens with one attached hydrogen (secondary N) is 3. The van der Waals surface area contributed by atoms with Crippen molar-refractivity contribution >= 4 is 26.8 Å². The number of aromatic nitrogens is 2. The van der Waals surface area contributed by atoms with Crippen LogP contribution in [0, 0.1) is 6.92 Å². The third-order valence-electron chi connectivity index (χ3n) is 4.42. The number of hydrogen-bond acceptors (Lipinski definition) is 4. The fourth-order valence-electron chi connectivity index (χ4n) is 3.07. The second-order valence-corrected chi connectivity index (χ2v) is 8.66. The highest BCUT2D eigenvalue weighted by Gasteiger charge is 2.11. The van der Waals surface area contributed by atoms with Crippen LogP contribution in [0.4, 0.5) is 0 Å². The Labute approximate surface area is 165 Å². The van der Waals surface area contributed by atoms with Gasteiger partial charge in [-0.15, -0.1) is 0 Å². The van der Waals surface area contributed by atoms with Crippen molar-refractivity contribution in [1.29, 1.82) is 0 Å². The number of aliphatic imine (C=N–C) groups is 1. The lowest BCUT2D eigenvalue weighted by Gasteiger charge is -2.12. The molecule has 2 aromatic carbocycles. The van der Waals surface area contributed by atoms with Gasteiger partial charge in [-0.2, -0.15) is 0 Å². The first-order chi connectivity index (χ1) is 13.4. The number of benzene rings is 2. The number of guanidine groups is 1. The first-order valence-electron chi connectivity index (χ1n) is 9.04. The number of aryl methyl sites for hydroxylation is 1. The van der Waals surface area contributed by atoms with E-state index in [1.165, 1.54) is 6.26 Å². The Morgan fingerprint density at radius 2 is 1.96 bits per heavy atom. The van der Waals surface area contributed by atoms with Crippen molar-refractivity contribution in [3.63, 3.8) is 0 Å². The number of aromatic amines is 1. The molecule has 8 heteroatoms. The monoisotopic (exact) mass is 399 g/mol. The Morgan fingerprint density at radius 1 is 1.18 bits per heavy atom. The minimum Gasteiger partial charge on any atom is -0.356 e. The summed E-state index contributed by atoms with van der Waals surface area (Å²) in [6.45, 7) is 3.04. The van der Waals surface area contributed by atoms with Crippen LogP contribution < -0.4 is 10.6 Å². The molecule has 0 saturated carbocycles. The average molecular weight is 400 g/mol. The molecule has 1 aromatic heterocycles. The quantitative estimate of drug-likeness (QED) is 0.436. The van der Waals surface area contributed by atoms with E-state index in [0.29, 0.717) is 23.9 Å². The zero-order chi connectivity index (χ0) is 20.1. The molecule has 7 nitrogen and oxygen atoms in total. The first-order valence-corrected chi connectivity index (χ1v) is 10.9. The molecule has 0 bridgehead atoms. The summed E-state index contributed by atoms with van der Waals surface area (Å²) < 4.78 is 23.4. The molecule has 28 heavy (non-hydrogen) atoms. The van der Waals surface area contributed by atoms with Gasteiger partial charge >= 0.3 is 0 Å². The van der Waals surface area contributed by atoms with Crippen LogP contribution >= 0.6 is 0 Å². The van der Waals surface area contributed by atoms with E-state index in [2.05, 4.69) is 25.6 Å². The maximum atomic E-state index is 11.7. The van der Waals surface area contributed by atoms with Crippen LogP contribution in [0.5, 0.6) is 0 Å². The predicted molar refractivity (Wildman–Crippen MR) is 112 cm³/mol. The van der Waals surface area contributed by atoms with Crippen LogP contribution in [0.1, 0.15) is 17.0 Å². The number of para-hydroxylation sites is 2. The van der Waals surface area contributed by atoms with E-state index >= 15 is 0 Å². The maximum Gasteiger partial charge on any atom is 0.191 e. The highest BCUT2D eigenvalue weighted by molar-refractivity contribution is 7.90. The Kier molecular flexibility index (Phi) is 5.99. The molecule has 0 amide bonds. The smallest absolute Gasteiger partial charge is 0.191 e. The number of rotatable bonds is 6. The third kappa shape index (κ3) is 4.89. The highest BCUT2D eigenvalue weighted by Crippen LogP contribution is 2.16. The van der Waals surface area contributed by atoms with Crippen LogP contribution in [-0.2, 0) is 22.8 Å². The second-order valence-electron chi connectivity index (χ2n) is 6.68. The van der Waals surface area contributed by atoms with Crippen molar-refractivity contribution in [2.24, 2.45) is 4.99 Å². The predicted octanol–water partition coefficient (Wildman–Crippen LogP) is 2.18. The Balaban J connectivity index is 1.52. The van der Waals surface area contributed by atoms with Crippen LogP contribution in [0.25, 0.3) is 11.0 Å². The fourth-order valence-corrected chi connectivity index (χ4v) is 4.03. The molecule has 0 unspecified atom stereocenters. The van der Waals surface area contributed by atoms with Crippen molar-refractivity contribution in [1.82, 2.24) is 20.6 Å². The SMILES string of the molecule is CN=C(NCCc1nc2ccccc2[nH]1)NCc1ccc(S(C)(=O)=O)c(C)c1. The topological polar surface area (TPSA) is 99.2 Å². The number of imidazole rings is 1. The number of sulfone groups is 1. The lowest BCUT2D eigenvalue weighted by Crippen LogP contribution is -2.38. The van der Waals surface area contributed by atoms with Crippen molar-refractivity contribution in [2.45, 2.75) is 24.8 Å². The van der Waals surface area contributed by atoms with E-state index in [-0.39, 0.29) is 0 Å². The van der Waals surface area contributed by atoms with Gasteiger partial charge in [0.2, 0.25) is 0 Å². The van der Waals surface area contributed by atoms with Gasteiger partial charge in [0, 0.05) is 32.8 Å². The second kappa shape index (κ2) is 8.43. The summed E-state index contributed by atoms with van der Waals surface area (Å²) in [6.07, 6.45) is 1.97. The third-order valence-corrected chi connectivity index (χ3v) is 5.67. The van der Waals surface area contributed by atoms with E-state index in [9.17, 15) is 8.42 Å². The number of hydrogen-bond donors (Lipinski definition) is 3. The van der Waals surface area contributed by atoms with Crippen LogP contribution in [0.2, 0.25) is 0 Å². The van der Waals surface area contributed by atoms with Gasteiger partial charge in [-0.3, -0.25) is 4.99 Å². The summed E-state index contributed by atoms with van der Waals surface area (Å²) in [5.41, 5.74) is 3.74. The summed E-state index contributed by atoms with van der Waals surface area (Å²) in [4.78, 5) is 12.5. The lowest BCUT2D eigenvalue weighted by atomic mass is 10.1. The van der Waals surface area contributed by atoms with Crippen LogP contribution in [0.15, 0.2) is 52.4 Å². The van der Waals surface area contributed by atoms with Crippen molar-refractivity contribution in [3.05, 3.63) is 59.4 Å². The summed E-state index contributed by atoms with van der Waals surface area (Å²) in [5.74, 6) is 1.61. The minimum absolute atomic E-state index is 0.365. The molecule has 3 aromatic rings.